The highest BCUT2D eigenvalue weighted by molar-refractivity contribution is 7.10. The Morgan fingerprint density at radius 3 is 3.15 bits per heavy atom. The van der Waals surface area contributed by atoms with Gasteiger partial charge in [0.05, 0.1) is 0 Å². The van der Waals surface area contributed by atoms with Crippen LogP contribution < -0.4 is 5.32 Å². The highest BCUT2D eigenvalue weighted by Crippen LogP contribution is 2.22. The third-order valence-electron chi connectivity index (χ3n) is 2.84. The maximum Gasteiger partial charge on any atom is 0.00776 e. The van der Waals surface area contributed by atoms with E-state index in [2.05, 4.69) is 23.7 Å². The summed E-state index contributed by atoms with van der Waals surface area (Å²) < 4.78 is 0. The van der Waals surface area contributed by atoms with E-state index in [1.54, 1.807) is 4.88 Å². The summed E-state index contributed by atoms with van der Waals surface area (Å²) in [5, 5.41) is 5.68. The molecule has 0 spiro atoms. The van der Waals surface area contributed by atoms with Crippen molar-refractivity contribution in [3.63, 3.8) is 0 Å². The maximum absolute atomic E-state index is 3.47. The van der Waals surface area contributed by atoms with E-state index < -0.39 is 0 Å². The predicted octanol–water partition coefficient (Wildman–Crippen LogP) is 2.60. The van der Waals surface area contributed by atoms with Crippen LogP contribution in [0.3, 0.4) is 0 Å². The van der Waals surface area contributed by atoms with Gasteiger partial charge < -0.3 is 5.32 Å². The van der Waals surface area contributed by atoms with Crippen LogP contribution >= 0.6 is 11.3 Å². The lowest BCUT2D eigenvalue weighted by Gasteiger charge is -2.22. The lowest BCUT2D eigenvalue weighted by atomic mass is 9.95. The highest BCUT2D eigenvalue weighted by atomic mass is 32.1. The van der Waals surface area contributed by atoms with Crippen molar-refractivity contribution in [3.8, 4) is 0 Å². The van der Waals surface area contributed by atoms with Gasteiger partial charge in [-0.1, -0.05) is 0 Å². The van der Waals surface area contributed by atoms with Gasteiger partial charge in [-0.3, -0.25) is 0 Å². The van der Waals surface area contributed by atoms with Crippen molar-refractivity contribution in [2.24, 2.45) is 5.92 Å². The molecule has 1 aliphatic rings. The smallest absolute Gasteiger partial charge is 0.00776 e. The van der Waals surface area contributed by atoms with Crippen molar-refractivity contribution in [1.82, 2.24) is 5.32 Å². The van der Waals surface area contributed by atoms with Crippen LogP contribution in [0, 0.1) is 12.8 Å². The van der Waals surface area contributed by atoms with Crippen molar-refractivity contribution in [2.75, 3.05) is 13.1 Å². The second-order valence-corrected chi connectivity index (χ2v) is 4.94. The molecule has 13 heavy (non-hydrogen) atoms. The van der Waals surface area contributed by atoms with Crippen LogP contribution in [0.25, 0.3) is 0 Å². The van der Waals surface area contributed by atoms with Crippen LogP contribution in [-0.2, 0) is 6.42 Å². The standard InChI is InChI=1S/C11H17NS/c1-9-4-6-13-11(9)7-10-3-2-5-12-8-10/h4,6,10,12H,2-3,5,7-8H2,1H3. The van der Waals surface area contributed by atoms with Crippen molar-refractivity contribution >= 4 is 11.3 Å². The first kappa shape index (κ1) is 9.22. The summed E-state index contributed by atoms with van der Waals surface area (Å²) in [4.78, 5) is 1.59. The molecule has 72 valence electrons. The summed E-state index contributed by atoms with van der Waals surface area (Å²) in [5.74, 6) is 0.881. The molecule has 0 saturated carbocycles. The molecule has 1 unspecified atom stereocenters. The molecular formula is C11H17NS. The first-order valence-corrected chi connectivity index (χ1v) is 5.98. The average molecular weight is 195 g/mol. The Balaban J connectivity index is 1.93. The molecule has 1 nitrogen and oxygen atoms in total. The maximum atomic E-state index is 3.47. The number of aryl methyl sites for hydroxylation is 1. The molecule has 1 saturated heterocycles. The van der Waals surface area contributed by atoms with E-state index in [0.29, 0.717) is 0 Å². The Morgan fingerprint density at radius 1 is 1.62 bits per heavy atom. The van der Waals surface area contributed by atoms with Crippen LogP contribution in [0.15, 0.2) is 11.4 Å². The molecule has 0 aliphatic carbocycles. The summed E-state index contributed by atoms with van der Waals surface area (Å²) in [6, 6.07) is 2.23. The number of rotatable bonds is 2. The zero-order chi connectivity index (χ0) is 9.10. The van der Waals surface area contributed by atoms with Crippen molar-refractivity contribution in [1.29, 1.82) is 0 Å². The van der Waals surface area contributed by atoms with Crippen molar-refractivity contribution in [3.05, 3.63) is 21.9 Å². The first-order valence-electron chi connectivity index (χ1n) is 5.10. The molecule has 0 aromatic carbocycles. The quantitative estimate of drug-likeness (QED) is 0.765. The molecule has 0 radical (unpaired) electrons. The molecule has 1 aromatic rings. The second-order valence-electron chi connectivity index (χ2n) is 3.94. The van der Waals surface area contributed by atoms with E-state index >= 15 is 0 Å². The Morgan fingerprint density at radius 2 is 2.54 bits per heavy atom. The fraction of sp³-hybridized carbons (Fsp3) is 0.636. The van der Waals surface area contributed by atoms with Gasteiger partial charge in [0.25, 0.3) is 0 Å². The zero-order valence-corrected chi connectivity index (χ0v) is 8.99. The molecule has 2 heterocycles. The van der Waals surface area contributed by atoms with E-state index in [9.17, 15) is 0 Å². The van der Waals surface area contributed by atoms with E-state index in [-0.39, 0.29) is 0 Å². The van der Waals surface area contributed by atoms with Crippen molar-refractivity contribution < 1.29 is 0 Å². The van der Waals surface area contributed by atoms with E-state index in [0.717, 1.165) is 5.92 Å². The Hall–Kier alpha value is -0.340. The van der Waals surface area contributed by atoms with Gasteiger partial charge in [0.1, 0.15) is 0 Å². The van der Waals surface area contributed by atoms with E-state index in [1.165, 1.54) is 37.9 Å². The van der Waals surface area contributed by atoms with Crippen LogP contribution in [0.5, 0.6) is 0 Å². The first-order chi connectivity index (χ1) is 6.36. The monoisotopic (exact) mass is 195 g/mol. The summed E-state index contributed by atoms with van der Waals surface area (Å²) in [6.45, 7) is 4.67. The van der Waals surface area contributed by atoms with Crippen LogP contribution in [0.4, 0.5) is 0 Å². The minimum atomic E-state index is 0.881. The average Bonchev–Trinajstić information content (AvgIpc) is 2.54. The van der Waals surface area contributed by atoms with Gasteiger partial charge in [-0.05, 0) is 62.2 Å². The minimum absolute atomic E-state index is 0.881. The van der Waals surface area contributed by atoms with Gasteiger partial charge in [0, 0.05) is 4.88 Å². The molecule has 1 aromatic heterocycles. The van der Waals surface area contributed by atoms with E-state index in [4.69, 9.17) is 0 Å². The number of piperidine rings is 1. The third kappa shape index (κ3) is 2.32. The number of hydrogen-bond donors (Lipinski definition) is 1. The van der Waals surface area contributed by atoms with Gasteiger partial charge in [-0.15, -0.1) is 11.3 Å². The molecule has 0 bridgehead atoms. The zero-order valence-electron chi connectivity index (χ0n) is 8.18. The Kier molecular flexibility index (Phi) is 3.01. The van der Waals surface area contributed by atoms with Gasteiger partial charge in [-0.2, -0.15) is 0 Å². The molecule has 1 N–H and O–H groups in total. The lowest BCUT2D eigenvalue weighted by molar-refractivity contribution is 0.377. The number of nitrogens with one attached hydrogen (secondary N) is 1. The molecular weight excluding hydrogens is 178 g/mol. The summed E-state index contributed by atoms with van der Waals surface area (Å²) in [7, 11) is 0. The van der Waals surface area contributed by atoms with Crippen LogP contribution in [-0.4, -0.2) is 13.1 Å². The summed E-state index contributed by atoms with van der Waals surface area (Å²) >= 11 is 1.92. The molecule has 2 heteroatoms. The van der Waals surface area contributed by atoms with Gasteiger partial charge >= 0.3 is 0 Å². The molecule has 1 atom stereocenters. The normalized spacial score (nSPS) is 23.3. The summed E-state index contributed by atoms with van der Waals surface area (Å²) in [6.07, 6.45) is 4.05. The lowest BCUT2D eigenvalue weighted by Crippen LogP contribution is -2.30. The van der Waals surface area contributed by atoms with Crippen molar-refractivity contribution in [2.45, 2.75) is 26.2 Å². The fourth-order valence-electron chi connectivity index (χ4n) is 1.97. The molecule has 1 aliphatic heterocycles. The third-order valence-corrected chi connectivity index (χ3v) is 3.89. The van der Waals surface area contributed by atoms with Gasteiger partial charge in [0.15, 0.2) is 0 Å². The largest absolute Gasteiger partial charge is 0.316 e. The fourth-order valence-corrected chi connectivity index (χ4v) is 3.00. The molecule has 0 amide bonds. The van der Waals surface area contributed by atoms with Gasteiger partial charge in [0.2, 0.25) is 0 Å². The topological polar surface area (TPSA) is 12.0 Å². The SMILES string of the molecule is Cc1ccsc1CC1CCCNC1. The minimum Gasteiger partial charge on any atom is -0.316 e. The Labute approximate surface area is 84.2 Å². The predicted molar refractivity (Wildman–Crippen MR) is 58.4 cm³/mol. The number of hydrogen-bond acceptors (Lipinski definition) is 2. The second kappa shape index (κ2) is 4.25. The highest BCUT2D eigenvalue weighted by Gasteiger charge is 2.14. The van der Waals surface area contributed by atoms with E-state index in [1.807, 2.05) is 11.3 Å². The van der Waals surface area contributed by atoms with Crippen LogP contribution in [0.1, 0.15) is 23.3 Å². The number of thiophene rings is 1. The van der Waals surface area contributed by atoms with Crippen LogP contribution in [0.2, 0.25) is 0 Å². The summed E-state index contributed by atoms with van der Waals surface area (Å²) in [5.41, 5.74) is 1.48. The van der Waals surface area contributed by atoms with Gasteiger partial charge in [-0.25, -0.2) is 0 Å². The molecule has 2 rings (SSSR count). The molecule has 1 fully saturated rings. The Bertz CT molecular complexity index is 261.